The summed E-state index contributed by atoms with van der Waals surface area (Å²) in [4.78, 5) is 19.5. The second-order valence-corrected chi connectivity index (χ2v) is 7.28. The van der Waals surface area contributed by atoms with E-state index in [4.69, 9.17) is 0 Å². The van der Waals surface area contributed by atoms with E-state index < -0.39 is 0 Å². The summed E-state index contributed by atoms with van der Waals surface area (Å²) in [5, 5.41) is 0. The molecular weight excluding hydrogens is 298 g/mol. The van der Waals surface area contributed by atoms with Gasteiger partial charge in [0.2, 0.25) is 0 Å². The molecule has 1 aromatic heterocycles. The third-order valence-electron chi connectivity index (χ3n) is 5.47. The average molecular weight is 323 g/mol. The van der Waals surface area contributed by atoms with Gasteiger partial charge in [-0.1, -0.05) is 6.07 Å². The highest BCUT2D eigenvalue weighted by atomic mass is 16.2. The minimum atomic E-state index is 0.178. The zero-order chi connectivity index (χ0) is 16.7. The number of aromatic nitrogens is 2. The molecule has 24 heavy (non-hydrogen) atoms. The third kappa shape index (κ3) is 2.74. The van der Waals surface area contributed by atoms with Gasteiger partial charge in [-0.15, -0.1) is 0 Å². The molecule has 2 heterocycles. The quantitative estimate of drug-likeness (QED) is 0.851. The van der Waals surface area contributed by atoms with E-state index in [2.05, 4.69) is 27.9 Å². The molecule has 0 spiro atoms. The molecule has 2 aliphatic rings. The molecule has 1 amide bonds. The maximum absolute atomic E-state index is 12.9. The first-order valence-corrected chi connectivity index (χ1v) is 9.03. The minimum Gasteiger partial charge on any atom is -0.338 e. The average Bonchev–Trinajstić information content (AvgIpc) is 3.20. The lowest BCUT2D eigenvalue weighted by atomic mass is 9.90. The largest absolute Gasteiger partial charge is 0.338 e. The lowest BCUT2D eigenvalue weighted by Gasteiger charge is -2.20. The Morgan fingerprint density at radius 1 is 1.21 bits per heavy atom. The first-order valence-electron chi connectivity index (χ1n) is 9.03. The van der Waals surface area contributed by atoms with Crippen LogP contribution in [-0.4, -0.2) is 33.4 Å². The highest BCUT2D eigenvalue weighted by molar-refractivity contribution is 5.94. The van der Waals surface area contributed by atoms with Crippen LogP contribution in [0.4, 0.5) is 0 Å². The molecular formula is C20H25N3O. The monoisotopic (exact) mass is 323 g/mol. The molecule has 0 radical (unpaired) electrons. The number of fused-ring (bicyclic) bond motifs is 1. The Morgan fingerprint density at radius 2 is 2.00 bits per heavy atom. The van der Waals surface area contributed by atoms with Crippen molar-refractivity contribution in [2.45, 2.75) is 44.9 Å². The maximum atomic E-state index is 12.9. The Hall–Kier alpha value is -2.10. The van der Waals surface area contributed by atoms with E-state index in [1.165, 1.54) is 24.0 Å². The van der Waals surface area contributed by atoms with Crippen LogP contribution in [0, 0.1) is 6.92 Å². The van der Waals surface area contributed by atoms with E-state index >= 15 is 0 Å². The van der Waals surface area contributed by atoms with Crippen molar-refractivity contribution in [3.05, 3.63) is 52.6 Å². The van der Waals surface area contributed by atoms with Crippen molar-refractivity contribution in [3.63, 3.8) is 0 Å². The van der Waals surface area contributed by atoms with Gasteiger partial charge in [0.05, 0.1) is 5.69 Å². The predicted molar refractivity (Wildman–Crippen MR) is 94.3 cm³/mol. The van der Waals surface area contributed by atoms with Crippen molar-refractivity contribution >= 4 is 5.91 Å². The zero-order valence-corrected chi connectivity index (χ0v) is 14.6. The summed E-state index contributed by atoms with van der Waals surface area (Å²) in [5.41, 5.74) is 4.71. The molecule has 1 fully saturated rings. The van der Waals surface area contributed by atoms with Gasteiger partial charge in [-0.05, 0) is 62.3 Å². The van der Waals surface area contributed by atoms with Gasteiger partial charge in [-0.2, -0.15) is 0 Å². The Bertz CT molecular complexity index is 777. The van der Waals surface area contributed by atoms with Crippen LogP contribution >= 0.6 is 0 Å². The van der Waals surface area contributed by atoms with Crippen LogP contribution in [0.5, 0.6) is 0 Å². The van der Waals surface area contributed by atoms with Gasteiger partial charge >= 0.3 is 0 Å². The molecule has 0 bridgehead atoms. The number of amides is 1. The standard InChI is InChI=1S/C20H25N3O/c1-14-12-22(2)19(21-14)18-9-10-23(13-18)20(24)17-8-7-15-5-3-4-6-16(15)11-17/h7-8,11-12,18H,3-6,9-10,13H2,1-2H3. The maximum Gasteiger partial charge on any atom is 0.253 e. The van der Waals surface area contributed by atoms with Crippen LogP contribution in [0.15, 0.2) is 24.4 Å². The van der Waals surface area contributed by atoms with E-state index in [0.717, 1.165) is 49.4 Å². The van der Waals surface area contributed by atoms with E-state index in [9.17, 15) is 4.79 Å². The Kier molecular flexibility index (Phi) is 3.91. The molecule has 2 aromatic rings. The summed E-state index contributed by atoms with van der Waals surface area (Å²) in [7, 11) is 2.04. The number of hydrogen-bond donors (Lipinski definition) is 0. The summed E-state index contributed by atoms with van der Waals surface area (Å²) >= 11 is 0. The van der Waals surface area contributed by atoms with Crippen LogP contribution < -0.4 is 0 Å². The molecule has 126 valence electrons. The van der Waals surface area contributed by atoms with Gasteiger partial charge in [0.15, 0.2) is 0 Å². The predicted octanol–water partition coefficient (Wildman–Crippen LogP) is 3.24. The van der Waals surface area contributed by atoms with Crippen LogP contribution in [-0.2, 0) is 19.9 Å². The highest BCUT2D eigenvalue weighted by Crippen LogP contribution is 2.28. The summed E-state index contributed by atoms with van der Waals surface area (Å²) < 4.78 is 2.10. The molecule has 1 aliphatic carbocycles. The molecule has 4 nitrogen and oxygen atoms in total. The molecule has 4 heteroatoms. The first-order chi connectivity index (χ1) is 11.6. The zero-order valence-electron chi connectivity index (χ0n) is 14.6. The normalized spacial score (nSPS) is 20.2. The van der Waals surface area contributed by atoms with Gasteiger partial charge in [0.1, 0.15) is 5.82 Å². The summed E-state index contributed by atoms with van der Waals surface area (Å²) in [5.74, 6) is 1.63. The smallest absolute Gasteiger partial charge is 0.253 e. The van der Waals surface area contributed by atoms with Crippen molar-refractivity contribution in [3.8, 4) is 0 Å². The summed E-state index contributed by atoms with van der Waals surface area (Å²) in [6.45, 7) is 3.63. The van der Waals surface area contributed by atoms with Crippen molar-refractivity contribution in [1.82, 2.24) is 14.5 Å². The van der Waals surface area contributed by atoms with Gasteiger partial charge in [-0.25, -0.2) is 4.98 Å². The van der Waals surface area contributed by atoms with Crippen LogP contribution in [0.3, 0.4) is 0 Å². The Labute approximate surface area is 143 Å². The lowest BCUT2D eigenvalue weighted by molar-refractivity contribution is 0.0790. The van der Waals surface area contributed by atoms with Gasteiger partial charge < -0.3 is 9.47 Å². The molecule has 1 unspecified atom stereocenters. The number of carbonyl (C=O) groups excluding carboxylic acids is 1. The molecule has 0 saturated carbocycles. The molecule has 1 saturated heterocycles. The van der Waals surface area contributed by atoms with Crippen molar-refractivity contribution in [1.29, 1.82) is 0 Å². The number of nitrogens with zero attached hydrogens (tertiary/aromatic N) is 3. The van der Waals surface area contributed by atoms with E-state index in [1.807, 2.05) is 24.9 Å². The summed E-state index contributed by atoms with van der Waals surface area (Å²) in [6, 6.07) is 6.32. The SMILES string of the molecule is Cc1cn(C)c(C2CCN(C(=O)c3ccc4c(c3)CCCC4)C2)n1. The topological polar surface area (TPSA) is 38.1 Å². The minimum absolute atomic E-state index is 0.178. The van der Waals surface area contributed by atoms with Crippen molar-refractivity contribution < 1.29 is 4.79 Å². The van der Waals surface area contributed by atoms with Crippen LogP contribution in [0.25, 0.3) is 0 Å². The Balaban J connectivity index is 1.50. The van der Waals surface area contributed by atoms with Crippen molar-refractivity contribution in [2.75, 3.05) is 13.1 Å². The second kappa shape index (κ2) is 6.08. The number of aryl methyl sites for hydroxylation is 4. The van der Waals surface area contributed by atoms with Gasteiger partial charge in [0.25, 0.3) is 5.91 Å². The van der Waals surface area contributed by atoms with Crippen molar-refractivity contribution in [2.24, 2.45) is 7.05 Å². The molecule has 1 aromatic carbocycles. The Morgan fingerprint density at radius 3 is 2.75 bits per heavy atom. The molecule has 1 atom stereocenters. The molecule has 4 rings (SSSR count). The number of hydrogen-bond acceptors (Lipinski definition) is 2. The lowest BCUT2D eigenvalue weighted by Crippen LogP contribution is -2.29. The number of likely N-dealkylation sites (tertiary alicyclic amines) is 1. The van der Waals surface area contributed by atoms with Gasteiger partial charge in [0, 0.05) is 37.8 Å². The number of benzene rings is 1. The number of carbonyl (C=O) groups is 1. The first kappa shape index (κ1) is 15.4. The number of rotatable bonds is 2. The van der Waals surface area contributed by atoms with Gasteiger partial charge in [-0.3, -0.25) is 4.79 Å². The van der Waals surface area contributed by atoms with Crippen LogP contribution in [0.1, 0.15) is 58.2 Å². The highest BCUT2D eigenvalue weighted by Gasteiger charge is 2.30. The fourth-order valence-electron chi connectivity index (χ4n) is 4.22. The fraction of sp³-hybridized carbons (Fsp3) is 0.500. The molecule has 0 N–H and O–H groups in total. The second-order valence-electron chi connectivity index (χ2n) is 7.28. The number of imidazole rings is 1. The van der Waals surface area contributed by atoms with E-state index in [0.29, 0.717) is 5.92 Å². The summed E-state index contributed by atoms with van der Waals surface area (Å²) in [6.07, 6.45) is 7.86. The third-order valence-corrected chi connectivity index (χ3v) is 5.47. The molecule has 1 aliphatic heterocycles. The van der Waals surface area contributed by atoms with E-state index in [1.54, 1.807) is 0 Å². The van der Waals surface area contributed by atoms with Crippen LogP contribution in [0.2, 0.25) is 0 Å². The fourth-order valence-corrected chi connectivity index (χ4v) is 4.22. The van der Waals surface area contributed by atoms with E-state index in [-0.39, 0.29) is 5.91 Å².